The summed E-state index contributed by atoms with van der Waals surface area (Å²) in [5, 5.41) is 20.0. The highest BCUT2D eigenvalue weighted by Gasteiger charge is 2.27. The molecule has 7 rings (SSSR count). The molecule has 1 saturated carbocycles. The predicted molar refractivity (Wildman–Crippen MR) is 173 cm³/mol. The van der Waals surface area contributed by atoms with Crippen molar-refractivity contribution < 1.29 is 9.18 Å². The van der Waals surface area contributed by atoms with Crippen molar-refractivity contribution in [2.75, 3.05) is 5.32 Å². The molecule has 6 aromatic rings. The minimum absolute atomic E-state index is 0.00663. The predicted octanol–water partition coefficient (Wildman–Crippen LogP) is 6.25. The van der Waals surface area contributed by atoms with E-state index in [1.54, 1.807) is 29.2 Å². The number of nitrogens with one attached hydrogen (secondary N) is 2. The number of hydrogen-bond donors (Lipinski definition) is 2. The van der Waals surface area contributed by atoms with Gasteiger partial charge >= 0.3 is 0 Å². The van der Waals surface area contributed by atoms with Gasteiger partial charge in [0.2, 0.25) is 5.82 Å². The lowest BCUT2D eigenvalue weighted by atomic mass is 9.91. The van der Waals surface area contributed by atoms with Gasteiger partial charge in [-0.2, -0.15) is 0 Å². The number of halogens is 1. The Bertz CT molecular complexity index is 1920. The maximum absolute atomic E-state index is 13.6. The van der Waals surface area contributed by atoms with Crippen LogP contribution in [0.2, 0.25) is 0 Å². The van der Waals surface area contributed by atoms with Gasteiger partial charge in [-0.1, -0.05) is 47.7 Å². The number of pyridine rings is 1. The first-order valence-electron chi connectivity index (χ1n) is 15.3. The van der Waals surface area contributed by atoms with Crippen LogP contribution in [0.1, 0.15) is 47.9 Å². The molecular weight excluding hydrogens is 581 g/mol. The Morgan fingerprint density at radius 2 is 1.63 bits per heavy atom. The standard InChI is InChI=1S/C35H32FN9O/c36-27-9-13-31(14-10-27)45-34(25-5-2-1-3-6-25)40-33(42-45)35(46)39-28-11-15-30(16-12-28)44-23-32(41-43-44)26-7-4-8-29(21-26)38-22-24-17-19-37-20-18-24/h1-10,13-14,17-21,23,28,30,38H,11-12,15-16,22H2,(H,39,46). The van der Waals surface area contributed by atoms with E-state index in [4.69, 9.17) is 0 Å². The summed E-state index contributed by atoms with van der Waals surface area (Å²) in [4.78, 5) is 22.0. The normalized spacial score (nSPS) is 16.2. The van der Waals surface area contributed by atoms with E-state index in [2.05, 4.69) is 42.1 Å². The van der Waals surface area contributed by atoms with Gasteiger partial charge in [0, 0.05) is 41.8 Å². The zero-order chi connectivity index (χ0) is 31.3. The van der Waals surface area contributed by atoms with Crippen LogP contribution in [0.4, 0.5) is 10.1 Å². The number of aromatic nitrogens is 7. The number of anilines is 1. The molecule has 2 N–H and O–H groups in total. The Morgan fingerprint density at radius 1 is 0.870 bits per heavy atom. The van der Waals surface area contributed by atoms with Crippen molar-refractivity contribution in [3.8, 4) is 28.3 Å². The van der Waals surface area contributed by atoms with Crippen molar-refractivity contribution in [2.24, 2.45) is 0 Å². The van der Waals surface area contributed by atoms with Gasteiger partial charge in [-0.3, -0.25) is 9.78 Å². The van der Waals surface area contributed by atoms with Crippen molar-refractivity contribution in [2.45, 2.75) is 44.3 Å². The monoisotopic (exact) mass is 613 g/mol. The smallest absolute Gasteiger partial charge is 0.291 e. The highest BCUT2D eigenvalue weighted by Crippen LogP contribution is 2.30. The minimum Gasteiger partial charge on any atom is -0.381 e. The van der Waals surface area contributed by atoms with Crippen LogP contribution in [0.5, 0.6) is 0 Å². The number of benzene rings is 3. The van der Waals surface area contributed by atoms with Gasteiger partial charge in [-0.05, 0) is 79.8 Å². The lowest BCUT2D eigenvalue weighted by molar-refractivity contribution is 0.0911. The molecular formula is C35H32FN9O. The SMILES string of the molecule is O=C(NC1CCC(n2cc(-c3cccc(NCc4ccncc4)c3)nn2)CC1)c1nc(-c2ccccc2)n(-c2ccc(F)cc2)n1. The maximum atomic E-state index is 13.6. The highest BCUT2D eigenvalue weighted by molar-refractivity contribution is 5.91. The molecule has 230 valence electrons. The van der Waals surface area contributed by atoms with Crippen molar-refractivity contribution in [3.05, 3.63) is 127 Å². The van der Waals surface area contributed by atoms with Crippen molar-refractivity contribution >= 4 is 11.6 Å². The van der Waals surface area contributed by atoms with Gasteiger partial charge < -0.3 is 10.6 Å². The Kier molecular flexibility index (Phi) is 8.27. The van der Waals surface area contributed by atoms with E-state index in [1.807, 2.05) is 71.5 Å². The number of carbonyl (C=O) groups excluding carboxylic acids is 1. The largest absolute Gasteiger partial charge is 0.381 e. The van der Waals surface area contributed by atoms with Gasteiger partial charge in [0.1, 0.15) is 11.5 Å². The van der Waals surface area contributed by atoms with Gasteiger partial charge in [0.25, 0.3) is 5.91 Å². The topological polar surface area (TPSA) is 115 Å². The molecule has 0 unspecified atom stereocenters. The molecule has 0 saturated heterocycles. The zero-order valence-electron chi connectivity index (χ0n) is 25.0. The van der Waals surface area contributed by atoms with E-state index < -0.39 is 0 Å². The summed E-state index contributed by atoms with van der Waals surface area (Å²) < 4.78 is 17.1. The van der Waals surface area contributed by atoms with E-state index in [1.165, 1.54) is 12.1 Å². The third-order valence-corrected chi connectivity index (χ3v) is 8.23. The molecule has 1 amide bonds. The number of rotatable bonds is 9. The summed E-state index contributed by atoms with van der Waals surface area (Å²) in [6.07, 6.45) is 8.88. The fraction of sp³-hybridized carbons (Fsp3) is 0.200. The Morgan fingerprint density at radius 3 is 2.41 bits per heavy atom. The number of amides is 1. The number of nitrogens with zero attached hydrogens (tertiary/aromatic N) is 7. The van der Waals surface area contributed by atoms with E-state index in [0.29, 0.717) is 18.1 Å². The molecule has 0 aliphatic heterocycles. The van der Waals surface area contributed by atoms with Crippen LogP contribution in [-0.2, 0) is 6.54 Å². The minimum atomic E-state index is -0.347. The van der Waals surface area contributed by atoms with Crippen LogP contribution in [0.3, 0.4) is 0 Å². The quantitative estimate of drug-likeness (QED) is 0.198. The van der Waals surface area contributed by atoms with Crippen molar-refractivity contribution in [3.63, 3.8) is 0 Å². The molecule has 0 spiro atoms. The average molecular weight is 614 g/mol. The van der Waals surface area contributed by atoms with E-state index in [-0.39, 0.29) is 29.6 Å². The first kappa shape index (κ1) is 29.0. The van der Waals surface area contributed by atoms with Gasteiger partial charge in [-0.25, -0.2) is 18.7 Å². The first-order valence-corrected chi connectivity index (χ1v) is 15.3. The number of hydrogen-bond acceptors (Lipinski definition) is 7. The van der Waals surface area contributed by atoms with Crippen LogP contribution >= 0.6 is 0 Å². The first-order chi connectivity index (χ1) is 22.6. The zero-order valence-corrected chi connectivity index (χ0v) is 25.0. The molecule has 1 fully saturated rings. The van der Waals surface area contributed by atoms with Crippen molar-refractivity contribution in [1.29, 1.82) is 0 Å². The average Bonchev–Trinajstić information content (AvgIpc) is 3.78. The van der Waals surface area contributed by atoms with Crippen LogP contribution in [0.25, 0.3) is 28.3 Å². The summed E-state index contributed by atoms with van der Waals surface area (Å²) in [5.74, 6) is -0.0936. The fourth-order valence-electron chi connectivity index (χ4n) is 5.76. The third-order valence-electron chi connectivity index (χ3n) is 8.23. The second kappa shape index (κ2) is 13.1. The van der Waals surface area contributed by atoms with Gasteiger partial charge in [0.15, 0.2) is 5.82 Å². The molecule has 1 aliphatic rings. The molecule has 0 bridgehead atoms. The maximum Gasteiger partial charge on any atom is 0.291 e. The molecule has 10 nitrogen and oxygen atoms in total. The Labute approximate surface area is 265 Å². The van der Waals surface area contributed by atoms with Crippen LogP contribution in [0.15, 0.2) is 110 Å². The van der Waals surface area contributed by atoms with Crippen LogP contribution in [-0.4, -0.2) is 46.7 Å². The second-order valence-electron chi connectivity index (χ2n) is 11.4. The molecule has 3 aromatic heterocycles. The Balaban J connectivity index is 0.981. The second-order valence-corrected chi connectivity index (χ2v) is 11.4. The third kappa shape index (κ3) is 6.53. The van der Waals surface area contributed by atoms with Gasteiger partial charge in [-0.15, -0.1) is 10.2 Å². The van der Waals surface area contributed by atoms with Gasteiger partial charge in [0.05, 0.1) is 17.9 Å². The molecule has 11 heteroatoms. The molecule has 1 aliphatic carbocycles. The van der Waals surface area contributed by atoms with Crippen LogP contribution in [0, 0.1) is 5.82 Å². The lowest BCUT2D eigenvalue weighted by Gasteiger charge is -2.28. The number of carbonyl (C=O) groups is 1. The summed E-state index contributed by atoms with van der Waals surface area (Å²) in [6.45, 7) is 0.707. The lowest BCUT2D eigenvalue weighted by Crippen LogP contribution is -2.38. The summed E-state index contributed by atoms with van der Waals surface area (Å²) in [7, 11) is 0. The molecule has 3 aromatic carbocycles. The molecule has 46 heavy (non-hydrogen) atoms. The molecule has 0 radical (unpaired) electrons. The Hall–Kier alpha value is -5.71. The highest BCUT2D eigenvalue weighted by atomic mass is 19.1. The fourth-order valence-corrected chi connectivity index (χ4v) is 5.76. The van der Waals surface area contributed by atoms with E-state index in [0.717, 1.165) is 53.8 Å². The summed E-state index contributed by atoms with van der Waals surface area (Å²) >= 11 is 0. The molecule has 0 atom stereocenters. The van der Waals surface area contributed by atoms with E-state index >= 15 is 0 Å². The van der Waals surface area contributed by atoms with Crippen LogP contribution < -0.4 is 10.6 Å². The summed E-state index contributed by atoms with van der Waals surface area (Å²) in [6, 6.07) is 27.8. The van der Waals surface area contributed by atoms with Crippen molar-refractivity contribution in [1.82, 2.24) is 40.1 Å². The van der Waals surface area contributed by atoms with E-state index in [9.17, 15) is 9.18 Å². The summed E-state index contributed by atoms with van der Waals surface area (Å²) in [5.41, 5.74) is 5.40. The molecule has 3 heterocycles.